The molecular formula is C57H100O6. The van der Waals surface area contributed by atoms with Crippen LogP contribution in [0.15, 0.2) is 60.8 Å². The van der Waals surface area contributed by atoms with E-state index in [-0.39, 0.29) is 31.1 Å². The lowest BCUT2D eigenvalue weighted by Gasteiger charge is -2.18. The van der Waals surface area contributed by atoms with Crippen LogP contribution in [0, 0.1) is 0 Å². The van der Waals surface area contributed by atoms with Crippen LogP contribution in [-0.2, 0) is 28.6 Å². The molecule has 0 atom stereocenters. The second-order valence-electron chi connectivity index (χ2n) is 17.8. The van der Waals surface area contributed by atoms with Gasteiger partial charge in [0.25, 0.3) is 0 Å². The number of carbonyl (C=O) groups excluding carboxylic acids is 3. The van der Waals surface area contributed by atoms with Gasteiger partial charge in [-0.3, -0.25) is 14.4 Å². The third-order valence-electron chi connectivity index (χ3n) is 11.5. The molecule has 0 N–H and O–H groups in total. The summed E-state index contributed by atoms with van der Waals surface area (Å²) in [5, 5.41) is 0. The Labute approximate surface area is 390 Å². The summed E-state index contributed by atoms with van der Waals surface area (Å²) >= 11 is 0. The van der Waals surface area contributed by atoms with Crippen molar-refractivity contribution in [3.63, 3.8) is 0 Å². The summed E-state index contributed by atoms with van der Waals surface area (Å²) in [5.41, 5.74) is 0. The zero-order valence-corrected chi connectivity index (χ0v) is 41.6. The summed E-state index contributed by atoms with van der Waals surface area (Å²) in [5.74, 6) is -0.918. The molecule has 0 saturated heterocycles. The SMILES string of the molecule is CCCCCC=CCC=CCCCCCCCC(=O)OCC(COC(=O)CCCCCCCC=CCC=CCCCCC)OC(=O)CCCCCCCC=CCCCCCCCC. The van der Waals surface area contributed by atoms with E-state index in [1.54, 1.807) is 0 Å². The molecule has 0 amide bonds. The van der Waals surface area contributed by atoms with Crippen LogP contribution in [0.2, 0.25) is 0 Å². The highest BCUT2D eigenvalue weighted by Crippen LogP contribution is 2.14. The van der Waals surface area contributed by atoms with Crippen LogP contribution in [0.25, 0.3) is 0 Å². The molecule has 0 unspecified atom stereocenters. The maximum Gasteiger partial charge on any atom is 0.306 e. The Morgan fingerprint density at radius 1 is 0.317 bits per heavy atom. The molecule has 0 aliphatic carbocycles. The van der Waals surface area contributed by atoms with Crippen molar-refractivity contribution < 1.29 is 28.6 Å². The minimum absolute atomic E-state index is 0.0891. The zero-order chi connectivity index (χ0) is 45.8. The van der Waals surface area contributed by atoms with Crippen molar-refractivity contribution in [1.82, 2.24) is 0 Å². The normalized spacial score (nSPS) is 12.5. The molecule has 0 aromatic carbocycles. The van der Waals surface area contributed by atoms with E-state index in [1.165, 1.54) is 116 Å². The Kier molecular flexibility index (Phi) is 49.4. The summed E-state index contributed by atoms with van der Waals surface area (Å²) in [6.45, 7) is 6.56. The molecule has 0 aliphatic heterocycles. The van der Waals surface area contributed by atoms with E-state index < -0.39 is 6.10 Å². The first-order chi connectivity index (χ1) is 31.0. The third-order valence-corrected chi connectivity index (χ3v) is 11.5. The van der Waals surface area contributed by atoms with Gasteiger partial charge in [-0.25, -0.2) is 0 Å². The molecule has 0 aliphatic rings. The van der Waals surface area contributed by atoms with Gasteiger partial charge in [-0.1, -0.05) is 197 Å². The lowest BCUT2D eigenvalue weighted by atomic mass is 10.1. The summed E-state index contributed by atoms with van der Waals surface area (Å²) < 4.78 is 16.8. The van der Waals surface area contributed by atoms with Crippen molar-refractivity contribution in [3.05, 3.63) is 60.8 Å². The summed E-state index contributed by atoms with van der Waals surface area (Å²) in [7, 11) is 0. The van der Waals surface area contributed by atoms with E-state index >= 15 is 0 Å². The second-order valence-corrected chi connectivity index (χ2v) is 17.8. The first kappa shape index (κ1) is 60.1. The van der Waals surface area contributed by atoms with E-state index in [2.05, 4.69) is 81.5 Å². The highest BCUT2D eigenvalue weighted by molar-refractivity contribution is 5.71. The fraction of sp³-hybridized carbons (Fsp3) is 0.772. The van der Waals surface area contributed by atoms with Gasteiger partial charge in [0.15, 0.2) is 6.10 Å². The first-order valence-corrected chi connectivity index (χ1v) is 26.8. The van der Waals surface area contributed by atoms with Gasteiger partial charge in [-0.15, -0.1) is 0 Å². The topological polar surface area (TPSA) is 78.9 Å². The molecule has 0 bridgehead atoms. The zero-order valence-electron chi connectivity index (χ0n) is 41.6. The Hall–Kier alpha value is -2.89. The number of ether oxygens (including phenoxy) is 3. The molecule has 364 valence electrons. The highest BCUT2D eigenvalue weighted by atomic mass is 16.6. The third kappa shape index (κ3) is 50.0. The van der Waals surface area contributed by atoms with Crippen LogP contribution in [0.5, 0.6) is 0 Å². The Morgan fingerprint density at radius 2 is 0.571 bits per heavy atom. The lowest BCUT2D eigenvalue weighted by Crippen LogP contribution is -2.30. The van der Waals surface area contributed by atoms with E-state index in [0.29, 0.717) is 19.3 Å². The fourth-order valence-corrected chi connectivity index (χ4v) is 7.38. The Balaban J connectivity index is 4.44. The van der Waals surface area contributed by atoms with Crippen molar-refractivity contribution in [2.75, 3.05) is 13.2 Å². The van der Waals surface area contributed by atoms with Crippen molar-refractivity contribution in [3.8, 4) is 0 Å². The Morgan fingerprint density at radius 3 is 0.921 bits per heavy atom. The molecule has 0 aromatic heterocycles. The van der Waals surface area contributed by atoms with E-state index in [0.717, 1.165) is 109 Å². The van der Waals surface area contributed by atoms with Crippen molar-refractivity contribution in [1.29, 1.82) is 0 Å². The molecular weight excluding hydrogens is 781 g/mol. The van der Waals surface area contributed by atoms with E-state index in [1.807, 2.05) is 0 Å². The average molecular weight is 881 g/mol. The molecule has 63 heavy (non-hydrogen) atoms. The average Bonchev–Trinajstić information content (AvgIpc) is 3.28. The van der Waals surface area contributed by atoms with Gasteiger partial charge in [0.1, 0.15) is 13.2 Å². The predicted octanol–water partition coefficient (Wildman–Crippen LogP) is 17.6. The van der Waals surface area contributed by atoms with Gasteiger partial charge in [0.05, 0.1) is 0 Å². The molecule has 0 heterocycles. The number of hydrogen-bond acceptors (Lipinski definition) is 6. The molecule has 0 rings (SSSR count). The molecule has 0 aromatic rings. The maximum absolute atomic E-state index is 12.8. The van der Waals surface area contributed by atoms with Gasteiger partial charge < -0.3 is 14.2 Å². The first-order valence-electron chi connectivity index (χ1n) is 26.8. The minimum atomic E-state index is -0.789. The highest BCUT2D eigenvalue weighted by Gasteiger charge is 2.19. The predicted molar refractivity (Wildman–Crippen MR) is 270 cm³/mol. The molecule has 0 spiro atoms. The largest absolute Gasteiger partial charge is 0.462 e. The number of carbonyl (C=O) groups is 3. The van der Waals surface area contributed by atoms with E-state index in [4.69, 9.17) is 14.2 Å². The number of esters is 3. The second kappa shape index (κ2) is 51.7. The Bertz CT molecular complexity index is 1090. The fourth-order valence-electron chi connectivity index (χ4n) is 7.38. The molecule has 6 heteroatoms. The number of unbranched alkanes of at least 4 members (excludes halogenated alkanes) is 27. The smallest absolute Gasteiger partial charge is 0.306 e. The van der Waals surface area contributed by atoms with Gasteiger partial charge in [-0.2, -0.15) is 0 Å². The summed E-state index contributed by atoms with van der Waals surface area (Å²) in [6.07, 6.45) is 63.4. The van der Waals surface area contributed by atoms with Gasteiger partial charge >= 0.3 is 17.9 Å². The monoisotopic (exact) mass is 881 g/mol. The molecule has 0 saturated carbocycles. The molecule has 6 nitrogen and oxygen atoms in total. The summed E-state index contributed by atoms with van der Waals surface area (Å²) in [6, 6.07) is 0. The number of allylic oxidation sites excluding steroid dienone is 10. The quantitative estimate of drug-likeness (QED) is 0.0262. The standard InChI is InChI=1S/C57H100O6/c1-4-7-10-13-16-19-22-25-28-31-34-37-40-43-46-49-55(58)61-52-54(63-57(60)51-48-45-42-39-36-33-30-27-24-21-18-15-12-9-6-3)53-62-56(59)50-47-44-41-38-35-32-29-26-23-20-17-14-11-8-5-2/h16-17,19-20,25-30,54H,4-15,18,21-24,31-53H2,1-3H3. The van der Waals surface area contributed by atoms with Crippen LogP contribution in [-0.4, -0.2) is 37.2 Å². The molecule has 0 radical (unpaired) electrons. The van der Waals surface area contributed by atoms with Crippen molar-refractivity contribution in [2.45, 2.75) is 271 Å². The van der Waals surface area contributed by atoms with Crippen molar-refractivity contribution >= 4 is 17.9 Å². The summed E-state index contributed by atoms with van der Waals surface area (Å²) in [4.78, 5) is 38.0. The van der Waals surface area contributed by atoms with Crippen LogP contribution in [0.4, 0.5) is 0 Å². The van der Waals surface area contributed by atoms with Crippen LogP contribution >= 0.6 is 0 Å². The minimum Gasteiger partial charge on any atom is -0.462 e. The van der Waals surface area contributed by atoms with Gasteiger partial charge in [0.2, 0.25) is 0 Å². The van der Waals surface area contributed by atoms with Gasteiger partial charge in [0, 0.05) is 19.3 Å². The van der Waals surface area contributed by atoms with Crippen LogP contribution in [0.1, 0.15) is 265 Å². The van der Waals surface area contributed by atoms with Gasteiger partial charge in [-0.05, 0) is 109 Å². The number of rotatable bonds is 48. The van der Waals surface area contributed by atoms with Crippen LogP contribution < -0.4 is 0 Å². The van der Waals surface area contributed by atoms with E-state index in [9.17, 15) is 14.4 Å². The lowest BCUT2D eigenvalue weighted by molar-refractivity contribution is -0.167. The van der Waals surface area contributed by atoms with Crippen LogP contribution in [0.3, 0.4) is 0 Å². The van der Waals surface area contributed by atoms with Crippen molar-refractivity contribution in [2.24, 2.45) is 0 Å². The maximum atomic E-state index is 12.8. The number of hydrogen-bond donors (Lipinski definition) is 0. The molecule has 0 fully saturated rings.